The molecule has 0 radical (unpaired) electrons. The molecular formula is C15H25BrN2O. The normalized spacial score (nSPS) is 27.7. The van der Waals surface area contributed by atoms with E-state index in [1.807, 2.05) is 11.7 Å². The van der Waals surface area contributed by atoms with E-state index in [9.17, 15) is 0 Å². The van der Waals surface area contributed by atoms with Crippen molar-refractivity contribution < 1.29 is 4.74 Å². The third-order valence-corrected chi connectivity index (χ3v) is 5.01. The molecule has 0 bridgehead atoms. The van der Waals surface area contributed by atoms with E-state index < -0.39 is 0 Å². The SMILES string of the molecule is CCc1nn(C)c(COC2CC(C)CC(C)C2)c1Br. The van der Waals surface area contributed by atoms with E-state index in [2.05, 4.69) is 41.8 Å². The summed E-state index contributed by atoms with van der Waals surface area (Å²) >= 11 is 3.65. The number of ether oxygens (including phenoxy) is 1. The lowest BCUT2D eigenvalue weighted by Crippen LogP contribution is -2.26. The van der Waals surface area contributed by atoms with Gasteiger partial charge in [0.15, 0.2) is 0 Å². The molecule has 19 heavy (non-hydrogen) atoms. The summed E-state index contributed by atoms with van der Waals surface area (Å²) in [6.07, 6.45) is 5.09. The van der Waals surface area contributed by atoms with Crippen molar-refractivity contribution in [2.75, 3.05) is 0 Å². The average Bonchev–Trinajstić information content (AvgIpc) is 2.61. The van der Waals surface area contributed by atoms with Gasteiger partial charge in [-0.3, -0.25) is 4.68 Å². The molecule has 1 aromatic rings. The van der Waals surface area contributed by atoms with E-state index >= 15 is 0 Å². The van der Waals surface area contributed by atoms with Crippen LogP contribution in [0.15, 0.2) is 4.47 Å². The molecule has 0 N–H and O–H groups in total. The van der Waals surface area contributed by atoms with Gasteiger partial charge in [0.25, 0.3) is 0 Å². The smallest absolute Gasteiger partial charge is 0.0900 e. The minimum absolute atomic E-state index is 0.408. The second-order valence-electron chi connectivity index (χ2n) is 6.03. The first-order valence-corrected chi connectivity index (χ1v) is 8.12. The fourth-order valence-corrected chi connectivity index (χ4v) is 3.91. The summed E-state index contributed by atoms with van der Waals surface area (Å²) in [5.41, 5.74) is 2.27. The van der Waals surface area contributed by atoms with Gasteiger partial charge in [0.05, 0.1) is 28.6 Å². The molecular weight excluding hydrogens is 304 g/mol. The first-order valence-electron chi connectivity index (χ1n) is 7.33. The molecule has 1 aliphatic carbocycles. The predicted molar refractivity (Wildman–Crippen MR) is 81.0 cm³/mol. The molecule has 0 aliphatic heterocycles. The zero-order chi connectivity index (χ0) is 14.0. The maximum atomic E-state index is 6.14. The van der Waals surface area contributed by atoms with Gasteiger partial charge < -0.3 is 4.74 Å². The number of aryl methyl sites for hydroxylation is 2. The Morgan fingerprint density at radius 3 is 2.42 bits per heavy atom. The van der Waals surface area contributed by atoms with Gasteiger partial charge in [-0.25, -0.2) is 0 Å². The number of rotatable bonds is 4. The lowest BCUT2D eigenvalue weighted by molar-refractivity contribution is -0.0118. The molecule has 0 amide bonds. The summed E-state index contributed by atoms with van der Waals surface area (Å²) < 4.78 is 9.20. The summed E-state index contributed by atoms with van der Waals surface area (Å²) in [6.45, 7) is 7.46. The molecule has 3 nitrogen and oxygen atoms in total. The number of hydrogen-bond acceptors (Lipinski definition) is 2. The van der Waals surface area contributed by atoms with Crippen molar-refractivity contribution in [1.82, 2.24) is 9.78 Å². The van der Waals surface area contributed by atoms with Crippen LogP contribution < -0.4 is 0 Å². The summed E-state index contributed by atoms with van der Waals surface area (Å²) in [5, 5.41) is 4.51. The van der Waals surface area contributed by atoms with Crippen molar-refractivity contribution in [3.05, 3.63) is 15.9 Å². The van der Waals surface area contributed by atoms with Crippen LogP contribution in [0.4, 0.5) is 0 Å². The van der Waals surface area contributed by atoms with Crippen molar-refractivity contribution in [2.45, 2.75) is 59.2 Å². The van der Waals surface area contributed by atoms with E-state index in [4.69, 9.17) is 4.74 Å². The lowest BCUT2D eigenvalue weighted by atomic mass is 9.82. The molecule has 1 fully saturated rings. The molecule has 2 atom stereocenters. The minimum atomic E-state index is 0.408. The highest BCUT2D eigenvalue weighted by molar-refractivity contribution is 9.10. The number of aromatic nitrogens is 2. The van der Waals surface area contributed by atoms with Gasteiger partial charge in [0.2, 0.25) is 0 Å². The molecule has 108 valence electrons. The molecule has 0 saturated heterocycles. The highest BCUT2D eigenvalue weighted by atomic mass is 79.9. The highest BCUT2D eigenvalue weighted by Crippen LogP contribution is 2.31. The highest BCUT2D eigenvalue weighted by Gasteiger charge is 2.25. The number of hydrogen-bond donors (Lipinski definition) is 0. The first kappa shape index (κ1) is 15.0. The van der Waals surface area contributed by atoms with E-state index in [0.29, 0.717) is 12.7 Å². The number of nitrogens with zero attached hydrogens (tertiary/aromatic N) is 2. The maximum absolute atomic E-state index is 6.14. The monoisotopic (exact) mass is 328 g/mol. The van der Waals surface area contributed by atoms with Gasteiger partial charge in [-0.2, -0.15) is 5.10 Å². The Hall–Kier alpha value is -0.350. The van der Waals surface area contributed by atoms with Crippen molar-refractivity contribution in [1.29, 1.82) is 0 Å². The quantitative estimate of drug-likeness (QED) is 0.832. The second-order valence-corrected chi connectivity index (χ2v) is 6.83. The van der Waals surface area contributed by atoms with Crippen LogP contribution in [-0.2, 0) is 24.8 Å². The minimum Gasteiger partial charge on any atom is -0.372 e. The van der Waals surface area contributed by atoms with Crippen molar-refractivity contribution in [2.24, 2.45) is 18.9 Å². The molecule has 0 spiro atoms. The summed E-state index contributed by atoms with van der Waals surface area (Å²) in [5.74, 6) is 1.57. The van der Waals surface area contributed by atoms with Gasteiger partial charge in [-0.15, -0.1) is 0 Å². The Labute approximate surface area is 124 Å². The van der Waals surface area contributed by atoms with E-state index in [1.165, 1.54) is 19.3 Å². The largest absolute Gasteiger partial charge is 0.372 e. The summed E-state index contributed by atoms with van der Waals surface area (Å²) in [6, 6.07) is 0. The van der Waals surface area contributed by atoms with Crippen molar-refractivity contribution in [3.63, 3.8) is 0 Å². The summed E-state index contributed by atoms with van der Waals surface area (Å²) in [4.78, 5) is 0. The van der Waals surface area contributed by atoms with E-state index in [0.717, 1.165) is 34.1 Å². The van der Waals surface area contributed by atoms with Crippen LogP contribution in [0.1, 0.15) is 51.4 Å². The lowest BCUT2D eigenvalue weighted by Gasteiger charge is -2.31. The van der Waals surface area contributed by atoms with Crippen LogP contribution in [-0.4, -0.2) is 15.9 Å². The van der Waals surface area contributed by atoms with Crippen LogP contribution in [0, 0.1) is 11.8 Å². The van der Waals surface area contributed by atoms with E-state index in [1.54, 1.807) is 0 Å². The van der Waals surface area contributed by atoms with Crippen molar-refractivity contribution >= 4 is 15.9 Å². The molecule has 1 aliphatic rings. The molecule has 1 aromatic heterocycles. The Morgan fingerprint density at radius 1 is 1.26 bits per heavy atom. The Morgan fingerprint density at radius 2 is 1.89 bits per heavy atom. The Balaban J connectivity index is 1.97. The third kappa shape index (κ3) is 3.60. The molecule has 1 heterocycles. The van der Waals surface area contributed by atoms with Crippen LogP contribution in [0.5, 0.6) is 0 Å². The van der Waals surface area contributed by atoms with Gasteiger partial charge in [-0.1, -0.05) is 20.8 Å². The Bertz CT molecular complexity index is 420. The average molecular weight is 329 g/mol. The van der Waals surface area contributed by atoms with Gasteiger partial charge >= 0.3 is 0 Å². The third-order valence-electron chi connectivity index (χ3n) is 4.09. The first-order chi connectivity index (χ1) is 9.01. The molecule has 1 saturated carbocycles. The maximum Gasteiger partial charge on any atom is 0.0900 e. The van der Waals surface area contributed by atoms with Crippen LogP contribution in [0.2, 0.25) is 0 Å². The van der Waals surface area contributed by atoms with Crippen LogP contribution in [0.3, 0.4) is 0 Å². The molecule has 2 unspecified atom stereocenters. The van der Waals surface area contributed by atoms with Crippen LogP contribution >= 0.6 is 15.9 Å². The topological polar surface area (TPSA) is 27.1 Å². The van der Waals surface area contributed by atoms with E-state index in [-0.39, 0.29) is 0 Å². The summed E-state index contributed by atoms with van der Waals surface area (Å²) in [7, 11) is 1.99. The second kappa shape index (κ2) is 6.40. The Kier molecular flexibility index (Phi) is 5.07. The van der Waals surface area contributed by atoms with Crippen molar-refractivity contribution in [3.8, 4) is 0 Å². The standard InChI is InChI=1S/C15H25BrN2O/c1-5-13-15(16)14(18(4)17-13)9-19-12-7-10(2)6-11(3)8-12/h10-12H,5-9H2,1-4H3. The van der Waals surface area contributed by atoms with Crippen LogP contribution in [0.25, 0.3) is 0 Å². The van der Waals surface area contributed by atoms with Gasteiger partial charge in [0, 0.05) is 7.05 Å². The molecule has 4 heteroatoms. The fraction of sp³-hybridized carbons (Fsp3) is 0.800. The predicted octanol–water partition coefficient (Wildman–Crippen LogP) is 4.09. The molecule has 2 rings (SSSR count). The van der Waals surface area contributed by atoms with Gasteiger partial charge in [-0.05, 0) is 53.4 Å². The van der Waals surface area contributed by atoms with Gasteiger partial charge in [0.1, 0.15) is 0 Å². The molecule has 0 aromatic carbocycles. The zero-order valence-electron chi connectivity index (χ0n) is 12.4. The zero-order valence-corrected chi connectivity index (χ0v) is 14.0. The fourth-order valence-electron chi connectivity index (χ4n) is 3.18. The number of halogens is 1.